The fourth-order valence-corrected chi connectivity index (χ4v) is 3.84. The Bertz CT molecular complexity index is 760. The van der Waals surface area contributed by atoms with Gasteiger partial charge in [0.1, 0.15) is 12.1 Å². The molecule has 0 bridgehead atoms. The largest absolute Gasteiger partial charge is 0.481 e. The second-order valence-corrected chi connectivity index (χ2v) is 6.26. The van der Waals surface area contributed by atoms with Crippen molar-refractivity contribution in [1.29, 1.82) is 0 Å². The minimum atomic E-state index is -0.00730. The summed E-state index contributed by atoms with van der Waals surface area (Å²) in [6, 6.07) is 4.16. The number of carbonyl (C=O) groups is 1. The lowest BCUT2D eigenvalue weighted by atomic mass is 10.1. The van der Waals surface area contributed by atoms with E-state index in [-0.39, 0.29) is 18.0 Å². The van der Waals surface area contributed by atoms with Crippen molar-refractivity contribution in [2.45, 2.75) is 31.8 Å². The van der Waals surface area contributed by atoms with E-state index in [1.165, 1.54) is 6.33 Å². The summed E-state index contributed by atoms with van der Waals surface area (Å²) in [7, 11) is 1.60. The second kappa shape index (κ2) is 5.81. The number of aromatic nitrogens is 2. The van der Waals surface area contributed by atoms with Crippen LogP contribution in [0.3, 0.4) is 0 Å². The van der Waals surface area contributed by atoms with Crippen LogP contribution in [0.4, 0.5) is 5.82 Å². The number of anilines is 1. The number of likely N-dealkylation sites (tertiary alicyclic amines) is 1. The van der Waals surface area contributed by atoms with Crippen LogP contribution in [-0.2, 0) is 0 Å². The summed E-state index contributed by atoms with van der Waals surface area (Å²) in [6.45, 7) is 3.52. The first-order valence-electron chi connectivity index (χ1n) is 8.17. The average Bonchev–Trinajstić information content (AvgIpc) is 3.30. The van der Waals surface area contributed by atoms with E-state index in [2.05, 4.69) is 14.9 Å². The molecule has 2 aromatic heterocycles. The lowest BCUT2D eigenvalue weighted by molar-refractivity contribution is 0.0704. The van der Waals surface area contributed by atoms with Crippen molar-refractivity contribution in [1.82, 2.24) is 14.9 Å². The summed E-state index contributed by atoms with van der Waals surface area (Å²) in [5.41, 5.74) is 0.888. The molecule has 126 valence electrons. The van der Waals surface area contributed by atoms with E-state index in [4.69, 9.17) is 9.15 Å². The van der Waals surface area contributed by atoms with Gasteiger partial charge in [0, 0.05) is 24.7 Å². The highest BCUT2D eigenvalue weighted by Gasteiger charge is 2.45. The minimum absolute atomic E-state index is 0.00730. The van der Waals surface area contributed by atoms with Crippen LogP contribution in [0, 0.1) is 6.92 Å². The number of aryl methyl sites for hydroxylation is 1. The van der Waals surface area contributed by atoms with Gasteiger partial charge in [-0.25, -0.2) is 9.97 Å². The Labute approximate surface area is 140 Å². The standard InChI is InChI=1S/C17H20N4O3/c1-11-5-8-24-16(11)17(22)21-7-4-12-13(21)3-6-20(12)14-9-15(23-2)19-10-18-14/h5,8-10,12-13H,3-4,6-7H2,1-2H3/t12-,13-/m0/s1. The van der Waals surface area contributed by atoms with Gasteiger partial charge in [0.15, 0.2) is 5.76 Å². The molecule has 2 aliphatic heterocycles. The first-order valence-corrected chi connectivity index (χ1v) is 8.17. The zero-order chi connectivity index (χ0) is 16.7. The van der Waals surface area contributed by atoms with Crippen molar-refractivity contribution < 1.29 is 13.9 Å². The van der Waals surface area contributed by atoms with Crippen molar-refractivity contribution in [3.63, 3.8) is 0 Å². The number of hydrogen-bond acceptors (Lipinski definition) is 6. The van der Waals surface area contributed by atoms with Gasteiger partial charge in [0.25, 0.3) is 5.91 Å². The van der Waals surface area contributed by atoms with Crippen molar-refractivity contribution in [3.8, 4) is 5.88 Å². The fraction of sp³-hybridized carbons (Fsp3) is 0.471. The number of amides is 1. The van der Waals surface area contributed by atoms with Gasteiger partial charge in [-0.2, -0.15) is 0 Å². The van der Waals surface area contributed by atoms with E-state index in [0.717, 1.165) is 37.3 Å². The molecule has 2 atom stereocenters. The number of rotatable bonds is 3. The third-order valence-corrected chi connectivity index (χ3v) is 5.02. The molecule has 24 heavy (non-hydrogen) atoms. The molecule has 0 radical (unpaired) electrons. The van der Waals surface area contributed by atoms with E-state index < -0.39 is 0 Å². The fourth-order valence-electron chi connectivity index (χ4n) is 3.84. The maximum absolute atomic E-state index is 12.8. The normalized spacial score (nSPS) is 22.8. The molecule has 0 unspecified atom stereocenters. The van der Waals surface area contributed by atoms with Crippen LogP contribution in [0.2, 0.25) is 0 Å². The van der Waals surface area contributed by atoms with Crippen LogP contribution >= 0.6 is 0 Å². The summed E-state index contributed by atoms with van der Waals surface area (Å²) >= 11 is 0. The highest BCUT2D eigenvalue weighted by molar-refractivity contribution is 5.93. The number of hydrogen-bond donors (Lipinski definition) is 0. The highest BCUT2D eigenvalue weighted by Crippen LogP contribution is 2.35. The molecule has 2 fully saturated rings. The van der Waals surface area contributed by atoms with E-state index in [1.807, 2.05) is 24.0 Å². The maximum Gasteiger partial charge on any atom is 0.290 e. The third kappa shape index (κ3) is 2.31. The van der Waals surface area contributed by atoms with Gasteiger partial charge in [-0.05, 0) is 25.8 Å². The lowest BCUT2D eigenvalue weighted by Crippen LogP contribution is -2.40. The van der Waals surface area contributed by atoms with E-state index in [9.17, 15) is 4.79 Å². The van der Waals surface area contributed by atoms with Gasteiger partial charge < -0.3 is 19.0 Å². The van der Waals surface area contributed by atoms with E-state index >= 15 is 0 Å². The zero-order valence-corrected chi connectivity index (χ0v) is 13.8. The predicted octanol–water partition coefficient (Wildman–Crippen LogP) is 1.88. The second-order valence-electron chi connectivity index (χ2n) is 6.26. The molecule has 7 heteroatoms. The molecule has 0 N–H and O–H groups in total. The lowest BCUT2D eigenvalue weighted by Gasteiger charge is -2.26. The Morgan fingerprint density at radius 1 is 1.29 bits per heavy atom. The van der Waals surface area contributed by atoms with Crippen LogP contribution < -0.4 is 9.64 Å². The molecule has 2 aromatic rings. The summed E-state index contributed by atoms with van der Waals surface area (Å²) in [6.07, 6.45) is 4.96. The molecule has 4 rings (SSSR count). The summed E-state index contributed by atoms with van der Waals surface area (Å²) in [4.78, 5) is 25.4. The maximum atomic E-state index is 12.8. The minimum Gasteiger partial charge on any atom is -0.481 e. The smallest absolute Gasteiger partial charge is 0.290 e. The number of fused-ring (bicyclic) bond motifs is 1. The first-order chi connectivity index (χ1) is 11.7. The summed E-state index contributed by atoms with van der Waals surface area (Å²) in [5, 5.41) is 0. The average molecular weight is 328 g/mol. The van der Waals surface area contributed by atoms with Gasteiger partial charge in [-0.3, -0.25) is 4.79 Å². The quantitative estimate of drug-likeness (QED) is 0.857. The molecular weight excluding hydrogens is 308 g/mol. The Kier molecular flexibility index (Phi) is 3.63. The Morgan fingerprint density at radius 2 is 2.12 bits per heavy atom. The molecule has 4 heterocycles. The van der Waals surface area contributed by atoms with Crippen molar-refractivity contribution in [2.75, 3.05) is 25.1 Å². The Hall–Kier alpha value is -2.57. The Balaban J connectivity index is 1.55. The van der Waals surface area contributed by atoms with E-state index in [1.54, 1.807) is 13.4 Å². The monoisotopic (exact) mass is 328 g/mol. The van der Waals surface area contributed by atoms with Gasteiger partial charge >= 0.3 is 0 Å². The van der Waals surface area contributed by atoms with Crippen molar-refractivity contribution >= 4 is 11.7 Å². The summed E-state index contributed by atoms with van der Waals surface area (Å²) in [5.74, 6) is 1.86. The van der Waals surface area contributed by atoms with Gasteiger partial charge in [0.2, 0.25) is 5.88 Å². The van der Waals surface area contributed by atoms with Crippen molar-refractivity contribution in [2.24, 2.45) is 0 Å². The van der Waals surface area contributed by atoms with Gasteiger partial charge in [-0.15, -0.1) is 0 Å². The van der Waals surface area contributed by atoms with E-state index in [0.29, 0.717) is 11.6 Å². The van der Waals surface area contributed by atoms with Gasteiger partial charge in [0.05, 0.1) is 25.5 Å². The zero-order valence-electron chi connectivity index (χ0n) is 13.8. The SMILES string of the molecule is COc1cc(N2CC[C@H]3[C@@H]2CCN3C(=O)c2occc2C)ncn1. The number of carbonyl (C=O) groups excluding carboxylic acids is 1. The molecule has 2 aliphatic rings. The molecule has 0 spiro atoms. The van der Waals surface area contributed by atoms with Crippen LogP contribution in [0.1, 0.15) is 29.0 Å². The molecule has 0 saturated carbocycles. The van der Waals surface area contributed by atoms with Crippen LogP contribution in [0.25, 0.3) is 0 Å². The molecular formula is C17H20N4O3. The third-order valence-electron chi connectivity index (χ3n) is 5.02. The van der Waals surface area contributed by atoms with Crippen LogP contribution in [0.15, 0.2) is 29.1 Å². The highest BCUT2D eigenvalue weighted by atomic mass is 16.5. The summed E-state index contributed by atoms with van der Waals surface area (Å²) < 4.78 is 10.6. The number of methoxy groups -OCH3 is 1. The Morgan fingerprint density at radius 3 is 2.88 bits per heavy atom. The molecule has 7 nitrogen and oxygen atoms in total. The first kappa shape index (κ1) is 15.0. The van der Waals surface area contributed by atoms with Crippen molar-refractivity contribution in [3.05, 3.63) is 36.0 Å². The van der Waals surface area contributed by atoms with Crippen LogP contribution in [0.5, 0.6) is 5.88 Å². The number of nitrogens with zero attached hydrogens (tertiary/aromatic N) is 4. The molecule has 0 aliphatic carbocycles. The number of ether oxygens (including phenoxy) is 1. The number of furan rings is 1. The molecule has 1 amide bonds. The van der Waals surface area contributed by atoms with Gasteiger partial charge in [-0.1, -0.05) is 0 Å². The predicted molar refractivity (Wildman–Crippen MR) is 87.2 cm³/mol. The molecule has 2 saturated heterocycles. The van der Waals surface area contributed by atoms with Crippen LogP contribution in [-0.4, -0.2) is 53.1 Å². The topological polar surface area (TPSA) is 71.7 Å². The molecule has 0 aromatic carbocycles.